The van der Waals surface area contributed by atoms with Crippen LogP contribution in [0.3, 0.4) is 0 Å². The van der Waals surface area contributed by atoms with Crippen molar-refractivity contribution in [2.75, 3.05) is 13.1 Å². The van der Waals surface area contributed by atoms with Crippen LogP contribution in [0.4, 0.5) is 5.69 Å². The van der Waals surface area contributed by atoms with E-state index in [9.17, 15) is 0 Å². The Balaban J connectivity index is 1.78. The summed E-state index contributed by atoms with van der Waals surface area (Å²) in [7, 11) is 0. The first-order valence-electron chi connectivity index (χ1n) is 7.92. The first-order valence-corrected chi connectivity index (χ1v) is 9.87. The van der Waals surface area contributed by atoms with Crippen LogP contribution in [0.25, 0.3) is 0 Å². The van der Waals surface area contributed by atoms with Gasteiger partial charge in [0, 0.05) is 30.7 Å². The molecule has 0 spiro atoms. The molecule has 4 nitrogen and oxygen atoms in total. The molecule has 0 atom stereocenters. The minimum Gasteiger partial charge on any atom is -0.444 e. The summed E-state index contributed by atoms with van der Waals surface area (Å²) in [4.78, 5) is 6.80. The average Bonchev–Trinajstić information content (AvgIpc) is 2.89. The highest BCUT2D eigenvalue weighted by molar-refractivity contribution is 9.10. The van der Waals surface area contributed by atoms with Gasteiger partial charge in [0.2, 0.25) is 5.06 Å². The van der Waals surface area contributed by atoms with E-state index >= 15 is 0 Å². The molecule has 0 amide bonds. The van der Waals surface area contributed by atoms with Crippen LogP contribution in [-0.2, 0) is 0 Å². The lowest BCUT2D eigenvalue weighted by Crippen LogP contribution is -2.27. The first-order chi connectivity index (χ1) is 11.5. The molecule has 0 radical (unpaired) electrons. The number of likely N-dealkylation sites (tertiary alicyclic amines) is 1. The predicted octanol–water partition coefficient (Wildman–Crippen LogP) is 6.11. The highest BCUT2D eigenvalue weighted by atomic mass is 79.9. The molecule has 3 rings (SSSR count). The SMILES string of the molecule is Cc1cc(N=CN2CCCCC2)c(Cl)cc1Oc1snc(C)c1Br. The summed E-state index contributed by atoms with van der Waals surface area (Å²) >= 11 is 11.2. The Morgan fingerprint density at radius 2 is 2.04 bits per heavy atom. The van der Waals surface area contributed by atoms with E-state index in [1.165, 1.54) is 30.8 Å². The van der Waals surface area contributed by atoms with Crippen LogP contribution in [0.15, 0.2) is 21.6 Å². The van der Waals surface area contributed by atoms with Gasteiger partial charge in [-0.1, -0.05) is 11.6 Å². The zero-order chi connectivity index (χ0) is 17.1. The van der Waals surface area contributed by atoms with Gasteiger partial charge in [0.05, 0.1) is 27.2 Å². The summed E-state index contributed by atoms with van der Waals surface area (Å²) in [6.07, 6.45) is 5.68. The van der Waals surface area contributed by atoms with E-state index in [2.05, 4.69) is 30.2 Å². The third-order valence-corrected chi connectivity index (χ3v) is 6.28. The van der Waals surface area contributed by atoms with Crippen molar-refractivity contribution in [1.82, 2.24) is 9.27 Å². The standard InChI is InChI=1S/C17H19BrClN3OS/c1-11-8-14(20-10-22-6-4-3-5-7-22)13(19)9-15(11)23-17-16(18)12(2)21-24-17/h8-10H,3-7H2,1-2H3. The van der Waals surface area contributed by atoms with Gasteiger partial charge in [0.1, 0.15) is 5.75 Å². The maximum atomic E-state index is 6.39. The molecule has 1 saturated heterocycles. The van der Waals surface area contributed by atoms with Crippen molar-refractivity contribution in [2.24, 2.45) is 4.99 Å². The second-order valence-corrected chi connectivity index (χ2v) is 7.82. The van der Waals surface area contributed by atoms with Crippen LogP contribution in [0, 0.1) is 13.8 Å². The summed E-state index contributed by atoms with van der Waals surface area (Å²) in [6, 6.07) is 3.78. The lowest BCUT2D eigenvalue weighted by molar-refractivity contribution is 0.351. The number of nitrogens with zero attached hydrogens (tertiary/aromatic N) is 3. The molecule has 1 fully saturated rings. The molecule has 128 valence electrons. The number of aryl methyl sites for hydroxylation is 2. The Bertz CT molecular complexity index is 757. The van der Waals surface area contributed by atoms with Crippen LogP contribution in [-0.4, -0.2) is 28.7 Å². The number of ether oxygens (including phenoxy) is 1. The number of benzene rings is 1. The van der Waals surface area contributed by atoms with Crippen molar-refractivity contribution in [2.45, 2.75) is 33.1 Å². The minimum absolute atomic E-state index is 0.584. The molecule has 0 unspecified atom stereocenters. The lowest BCUT2D eigenvalue weighted by Gasteiger charge is -2.23. The van der Waals surface area contributed by atoms with E-state index in [4.69, 9.17) is 16.3 Å². The van der Waals surface area contributed by atoms with Gasteiger partial charge in [0.15, 0.2) is 0 Å². The van der Waals surface area contributed by atoms with E-state index in [0.29, 0.717) is 5.02 Å². The summed E-state index contributed by atoms with van der Waals surface area (Å²) in [6.45, 7) is 6.07. The van der Waals surface area contributed by atoms with Crippen LogP contribution in [0.2, 0.25) is 5.02 Å². The fourth-order valence-corrected chi connectivity index (χ4v) is 3.91. The lowest BCUT2D eigenvalue weighted by atomic mass is 10.1. The topological polar surface area (TPSA) is 37.7 Å². The van der Waals surface area contributed by atoms with Crippen molar-refractivity contribution in [1.29, 1.82) is 0 Å². The first kappa shape index (κ1) is 17.7. The maximum absolute atomic E-state index is 6.39. The molecule has 2 aromatic rings. The van der Waals surface area contributed by atoms with Gasteiger partial charge in [-0.15, -0.1) is 0 Å². The van der Waals surface area contributed by atoms with Gasteiger partial charge in [-0.3, -0.25) is 0 Å². The van der Waals surface area contributed by atoms with Crippen LogP contribution in [0.5, 0.6) is 10.8 Å². The monoisotopic (exact) mass is 427 g/mol. The zero-order valence-electron chi connectivity index (χ0n) is 13.7. The third-order valence-electron chi connectivity index (χ3n) is 3.96. The molecular formula is C17H19BrClN3OS. The molecule has 2 heterocycles. The Labute approximate surface area is 159 Å². The van der Waals surface area contributed by atoms with E-state index < -0.39 is 0 Å². The molecule has 24 heavy (non-hydrogen) atoms. The number of halogens is 2. The molecule has 7 heteroatoms. The Hall–Kier alpha value is -1.11. The van der Waals surface area contributed by atoms with Gasteiger partial charge in [-0.25, -0.2) is 4.99 Å². The van der Waals surface area contributed by atoms with Crippen LogP contribution in [0.1, 0.15) is 30.5 Å². The second kappa shape index (κ2) is 7.85. The number of piperidine rings is 1. The van der Waals surface area contributed by atoms with Crippen molar-refractivity contribution < 1.29 is 4.74 Å². The quantitative estimate of drug-likeness (QED) is 0.435. The number of hydrogen-bond donors (Lipinski definition) is 0. The van der Waals surface area contributed by atoms with E-state index in [1.807, 2.05) is 32.3 Å². The molecular weight excluding hydrogens is 410 g/mol. The summed E-state index contributed by atoms with van der Waals surface area (Å²) < 4.78 is 11.1. The fourth-order valence-electron chi connectivity index (χ4n) is 2.54. The zero-order valence-corrected chi connectivity index (χ0v) is 16.8. The molecule has 0 N–H and O–H groups in total. The predicted molar refractivity (Wildman–Crippen MR) is 104 cm³/mol. The van der Waals surface area contributed by atoms with Gasteiger partial charge in [-0.2, -0.15) is 4.37 Å². The van der Waals surface area contributed by atoms with E-state index in [1.54, 1.807) is 0 Å². The van der Waals surface area contributed by atoms with Crippen molar-refractivity contribution in [3.63, 3.8) is 0 Å². The summed E-state index contributed by atoms with van der Waals surface area (Å²) in [5.74, 6) is 0.723. The molecule has 1 aliphatic heterocycles. The number of aromatic nitrogens is 1. The summed E-state index contributed by atoms with van der Waals surface area (Å²) in [5.41, 5.74) is 2.68. The summed E-state index contributed by atoms with van der Waals surface area (Å²) in [5, 5.41) is 1.32. The normalized spacial score (nSPS) is 15.2. The highest BCUT2D eigenvalue weighted by Crippen LogP contribution is 2.39. The van der Waals surface area contributed by atoms with Gasteiger partial charge in [-0.05, 0) is 60.7 Å². The number of aliphatic imine (C=N–C) groups is 1. The Morgan fingerprint density at radius 3 is 2.71 bits per heavy atom. The van der Waals surface area contributed by atoms with Gasteiger partial charge >= 0.3 is 0 Å². The average molecular weight is 429 g/mol. The van der Waals surface area contributed by atoms with E-state index in [-0.39, 0.29) is 0 Å². The minimum atomic E-state index is 0.584. The smallest absolute Gasteiger partial charge is 0.214 e. The van der Waals surface area contributed by atoms with Crippen molar-refractivity contribution in [3.8, 4) is 10.8 Å². The molecule has 1 aromatic carbocycles. The molecule has 1 aliphatic rings. The largest absolute Gasteiger partial charge is 0.444 e. The molecule has 0 aliphatic carbocycles. The molecule has 1 aromatic heterocycles. The number of hydrogen-bond acceptors (Lipinski definition) is 4. The van der Waals surface area contributed by atoms with Crippen molar-refractivity contribution in [3.05, 3.63) is 32.9 Å². The molecule has 0 saturated carbocycles. The van der Waals surface area contributed by atoms with Gasteiger partial charge < -0.3 is 9.64 Å². The highest BCUT2D eigenvalue weighted by Gasteiger charge is 2.13. The van der Waals surface area contributed by atoms with Crippen LogP contribution < -0.4 is 4.74 Å². The van der Waals surface area contributed by atoms with Crippen LogP contribution >= 0.6 is 39.1 Å². The Kier molecular flexibility index (Phi) is 5.79. The second-order valence-electron chi connectivity index (χ2n) is 5.88. The Morgan fingerprint density at radius 1 is 1.29 bits per heavy atom. The third kappa shape index (κ3) is 4.10. The maximum Gasteiger partial charge on any atom is 0.214 e. The number of rotatable bonds is 4. The molecule has 0 bridgehead atoms. The fraction of sp³-hybridized carbons (Fsp3) is 0.412. The van der Waals surface area contributed by atoms with Crippen molar-refractivity contribution >= 4 is 51.1 Å². The van der Waals surface area contributed by atoms with Gasteiger partial charge in [0.25, 0.3) is 0 Å². The van der Waals surface area contributed by atoms with E-state index in [0.717, 1.165) is 45.3 Å².